The number of benzene rings is 1. The molecule has 16 heavy (non-hydrogen) atoms. The molecule has 0 radical (unpaired) electrons. The summed E-state index contributed by atoms with van der Waals surface area (Å²) in [6, 6.07) is 7.17. The van der Waals surface area contributed by atoms with Crippen molar-refractivity contribution in [2.75, 3.05) is 7.11 Å². The van der Waals surface area contributed by atoms with E-state index in [-0.39, 0.29) is 6.42 Å². The maximum Gasteiger partial charge on any atom is 0.309 e. The van der Waals surface area contributed by atoms with Crippen LogP contribution in [0.25, 0.3) is 0 Å². The van der Waals surface area contributed by atoms with Crippen LogP contribution in [0.15, 0.2) is 29.4 Å². The molecule has 2 rings (SSSR count). The van der Waals surface area contributed by atoms with Gasteiger partial charge in [0.05, 0.1) is 13.5 Å². The summed E-state index contributed by atoms with van der Waals surface area (Å²) in [4.78, 5) is 11.1. The van der Waals surface area contributed by atoms with Crippen LogP contribution in [0.3, 0.4) is 0 Å². The van der Waals surface area contributed by atoms with Crippen molar-refractivity contribution in [2.24, 2.45) is 5.16 Å². The van der Waals surface area contributed by atoms with Crippen LogP contribution in [0.1, 0.15) is 12.0 Å². The molecule has 0 aliphatic carbocycles. The van der Waals surface area contributed by atoms with Crippen molar-refractivity contribution in [3.8, 4) is 5.75 Å². The van der Waals surface area contributed by atoms with Gasteiger partial charge in [0.15, 0.2) is 6.10 Å². The molecule has 1 N–H and O–H groups in total. The Kier molecular flexibility index (Phi) is 2.76. The van der Waals surface area contributed by atoms with E-state index in [9.17, 15) is 4.79 Å². The van der Waals surface area contributed by atoms with E-state index in [1.54, 1.807) is 12.1 Å². The summed E-state index contributed by atoms with van der Waals surface area (Å²) in [5.74, 6) is 0.211. The van der Waals surface area contributed by atoms with Gasteiger partial charge in [0, 0.05) is 5.56 Å². The first-order valence-electron chi connectivity index (χ1n) is 4.81. The number of carbonyl (C=O) groups excluding carboxylic acids is 1. The van der Waals surface area contributed by atoms with Crippen molar-refractivity contribution in [3.63, 3.8) is 0 Å². The summed E-state index contributed by atoms with van der Waals surface area (Å²) in [6.07, 6.45) is -0.542. The Labute approximate surface area is 92.3 Å². The molecule has 84 valence electrons. The first-order valence-corrected chi connectivity index (χ1v) is 4.81. The van der Waals surface area contributed by atoms with Gasteiger partial charge in [-0.1, -0.05) is 17.3 Å². The third kappa shape index (κ3) is 1.71. The van der Waals surface area contributed by atoms with E-state index < -0.39 is 12.1 Å². The summed E-state index contributed by atoms with van der Waals surface area (Å²) in [5, 5.41) is 12.1. The van der Waals surface area contributed by atoms with Crippen molar-refractivity contribution >= 4 is 11.7 Å². The zero-order chi connectivity index (χ0) is 11.5. The van der Waals surface area contributed by atoms with E-state index in [0.717, 1.165) is 0 Å². The summed E-state index contributed by atoms with van der Waals surface area (Å²) in [7, 11) is 1.31. The van der Waals surface area contributed by atoms with Crippen LogP contribution >= 0.6 is 0 Å². The molecule has 0 aromatic heterocycles. The smallest absolute Gasteiger partial charge is 0.309 e. The lowest BCUT2D eigenvalue weighted by Crippen LogP contribution is -2.25. The van der Waals surface area contributed by atoms with Gasteiger partial charge in [-0.05, 0) is 12.1 Å². The van der Waals surface area contributed by atoms with Crippen molar-refractivity contribution in [1.82, 2.24) is 0 Å². The van der Waals surface area contributed by atoms with Gasteiger partial charge >= 0.3 is 5.97 Å². The molecular formula is C11H11NO4. The molecule has 0 saturated carbocycles. The van der Waals surface area contributed by atoms with Crippen LogP contribution < -0.4 is 4.74 Å². The minimum absolute atomic E-state index is 0.0323. The largest absolute Gasteiger partial charge is 0.483 e. The highest BCUT2D eigenvalue weighted by Crippen LogP contribution is 2.30. The van der Waals surface area contributed by atoms with Gasteiger partial charge in [-0.25, -0.2) is 0 Å². The minimum atomic E-state index is -0.574. The van der Waals surface area contributed by atoms with Gasteiger partial charge < -0.3 is 14.7 Å². The van der Waals surface area contributed by atoms with E-state index >= 15 is 0 Å². The van der Waals surface area contributed by atoms with Crippen LogP contribution in [-0.4, -0.2) is 30.1 Å². The highest BCUT2D eigenvalue weighted by Gasteiger charge is 2.32. The van der Waals surface area contributed by atoms with Crippen molar-refractivity contribution in [3.05, 3.63) is 29.8 Å². The topological polar surface area (TPSA) is 68.1 Å². The van der Waals surface area contributed by atoms with Crippen LogP contribution in [0.2, 0.25) is 0 Å². The highest BCUT2D eigenvalue weighted by atomic mass is 16.5. The number of methoxy groups -OCH3 is 1. The lowest BCUT2D eigenvalue weighted by Gasteiger charge is -2.08. The molecule has 5 heteroatoms. The molecule has 1 aliphatic heterocycles. The standard InChI is InChI=1S/C11H11NO4/c1-15-10(13)6-9-11(12-14)7-4-2-3-5-8(7)16-9/h2-5,9,14H,6H2,1H3/b12-11+/t9-/m1/s1. The Morgan fingerprint density at radius 2 is 2.31 bits per heavy atom. The molecule has 0 bridgehead atoms. The number of hydrogen-bond acceptors (Lipinski definition) is 5. The minimum Gasteiger partial charge on any atom is -0.483 e. The number of oxime groups is 1. The number of hydrogen-bond donors (Lipinski definition) is 1. The van der Waals surface area contributed by atoms with E-state index in [0.29, 0.717) is 17.0 Å². The number of fused-ring (bicyclic) bond motifs is 1. The molecule has 0 amide bonds. The second kappa shape index (κ2) is 4.22. The SMILES string of the molecule is COC(=O)C[C@H]1Oc2ccccc2/C1=N\O. The summed E-state index contributed by atoms with van der Waals surface area (Å²) in [5.41, 5.74) is 1.07. The quantitative estimate of drug-likeness (QED) is 0.462. The highest BCUT2D eigenvalue weighted by molar-refractivity contribution is 6.09. The lowest BCUT2D eigenvalue weighted by atomic mass is 10.1. The lowest BCUT2D eigenvalue weighted by molar-refractivity contribution is -0.141. The van der Waals surface area contributed by atoms with Gasteiger partial charge in [0.2, 0.25) is 0 Å². The molecule has 0 saturated heterocycles. The molecule has 5 nitrogen and oxygen atoms in total. The van der Waals surface area contributed by atoms with E-state index in [1.807, 2.05) is 12.1 Å². The monoisotopic (exact) mass is 221 g/mol. The summed E-state index contributed by atoms with van der Waals surface area (Å²) in [6.45, 7) is 0. The molecule has 0 unspecified atom stereocenters. The fraction of sp³-hybridized carbons (Fsp3) is 0.273. The zero-order valence-corrected chi connectivity index (χ0v) is 8.71. The molecule has 0 spiro atoms. The van der Waals surface area contributed by atoms with Crippen LogP contribution in [0, 0.1) is 0 Å². The first kappa shape index (κ1) is 10.5. The van der Waals surface area contributed by atoms with Crippen molar-refractivity contribution in [1.29, 1.82) is 0 Å². The Morgan fingerprint density at radius 1 is 1.56 bits per heavy atom. The number of nitrogens with zero attached hydrogens (tertiary/aromatic N) is 1. The van der Waals surface area contributed by atoms with Crippen LogP contribution in [-0.2, 0) is 9.53 Å². The summed E-state index contributed by atoms with van der Waals surface area (Å²) >= 11 is 0. The van der Waals surface area contributed by atoms with Gasteiger partial charge in [0.25, 0.3) is 0 Å². The van der Waals surface area contributed by atoms with Gasteiger partial charge in [0.1, 0.15) is 11.5 Å². The Morgan fingerprint density at radius 3 is 3.00 bits per heavy atom. The maximum atomic E-state index is 11.1. The third-order valence-corrected chi connectivity index (χ3v) is 2.42. The van der Waals surface area contributed by atoms with E-state index in [1.165, 1.54) is 7.11 Å². The maximum absolute atomic E-state index is 11.1. The number of ether oxygens (including phenoxy) is 2. The van der Waals surface area contributed by atoms with Gasteiger partial charge in [-0.2, -0.15) is 0 Å². The number of rotatable bonds is 2. The van der Waals surface area contributed by atoms with Crippen molar-refractivity contribution < 1.29 is 19.5 Å². The number of carbonyl (C=O) groups is 1. The average molecular weight is 221 g/mol. The molecule has 1 aromatic carbocycles. The normalized spacial score (nSPS) is 20.3. The summed E-state index contributed by atoms with van der Waals surface area (Å²) < 4.78 is 10.0. The Bertz CT molecular complexity index is 441. The predicted molar refractivity (Wildman–Crippen MR) is 55.8 cm³/mol. The molecule has 1 aliphatic rings. The third-order valence-electron chi connectivity index (χ3n) is 2.42. The first-order chi connectivity index (χ1) is 7.76. The zero-order valence-electron chi connectivity index (χ0n) is 8.71. The van der Waals surface area contributed by atoms with Crippen LogP contribution in [0.4, 0.5) is 0 Å². The molecule has 0 fully saturated rings. The average Bonchev–Trinajstić information content (AvgIpc) is 2.65. The second-order valence-corrected chi connectivity index (χ2v) is 3.37. The Hall–Kier alpha value is -2.04. The number of esters is 1. The van der Waals surface area contributed by atoms with Crippen LogP contribution in [0.5, 0.6) is 5.75 Å². The predicted octanol–water partition coefficient (Wildman–Crippen LogP) is 1.19. The molecular weight excluding hydrogens is 210 g/mol. The van der Waals surface area contributed by atoms with E-state index in [4.69, 9.17) is 9.94 Å². The Balaban J connectivity index is 2.25. The number of para-hydroxylation sites is 1. The molecule has 1 aromatic rings. The van der Waals surface area contributed by atoms with E-state index in [2.05, 4.69) is 9.89 Å². The van der Waals surface area contributed by atoms with Gasteiger partial charge in [-0.15, -0.1) is 0 Å². The van der Waals surface area contributed by atoms with Crippen molar-refractivity contribution in [2.45, 2.75) is 12.5 Å². The molecule has 1 heterocycles. The molecule has 1 atom stereocenters. The fourth-order valence-electron chi connectivity index (χ4n) is 1.65. The fourth-order valence-corrected chi connectivity index (χ4v) is 1.65. The second-order valence-electron chi connectivity index (χ2n) is 3.37. The van der Waals surface area contributed by atoms with Gasteiger partial charge in [-0.3, -0.25) is 4.79 Å².